The van der Waals surface area contributed by atoms with E-state index in [-0.39, 0.29) is 0 Å². The largest absolute Gasteiger partial charge is 0.311 e. The van der Waals surface area contributed by atoms with Crippen molar-refractivity contribution in [2.75, 3.05) is 13.1 Å². The second-order valence-corrected chi connectivity index (χ2v) is 6.57. The van der Waals surface area contributed by atoms with Gasteiger partial charge in [0.05, 0.1) is 0 Å². The first-order valence-corrected chi connectivity index (χ1v) is 7.59. The van der Waals surface area contributed by atoms with Crippen molar-refractivity contribution >= 4 is 0 Å². The highest BCUT2D eigenvalue weighted by Gasteiger charge is 2.45. The van der Waals surface area contributed by atoms with E-state index in [1.54, 1.807) is 0 Å². The molecular weight excluding hydrogens is 208 g/mol. The van der Waals surface area contributed by atoms with E-state index in [0.29, 0.717) is 11.6 Å². The van der Waals surface area contributed by atoms with Gasteiger partial charge in [0.1, 0.15) is 0 Å². The second-order valence-electron chi connectivity index (χ2n) is 6.57. The molecule has 2 fully saturated rings. The fourth-order valence-electron chi connectivity index (χ4n) is 3.70. The Bertz CT molecular complexity index is 243. The molecule has 2 aliphatic rings. The molecule has 1 spiro atoms. The van der Waals surface area contributed by atoms with Crippen LogP contribution in [0.15, 0.2) is 0 Å². The van der Waals surface area contributed by atoms with Crippen LogP contribution in [0.2, 0.25) is 0 Å². The van der Waals surface area contributed by atoms with Gasteiger partial charge in [0.15, 0.2) is 0 Å². The Morgan fingerprint density at radius 1 is 1.24 bits per heavy atom. The molecule has 2 unspecified atom stereocenters. The van der Waals surface area contributed by atoms with Gasteiger partial charge in [0.25, 0.3) is 0 Å². The Kier molecular flexibility index (Phi) is 4.14. The van der Waals surface area contributed by atoms with E-state index in [0.717, 1.165) is 12.0 Å². The summed E-state index contributed by atoms with van der Waals surface area (Å²) in [7, 11) is 0. The van der Waals surface area contributed by atoms with Gasteiger partial charge in [-0.3, -0.25) is 4.90 Å². The zero-order valence-electron chi connectivity index (χ0n) is 12.1. The van der Waals surface area contributed by atoms with Crippen LogP contribution in [-0.4, -0.2) is 35.6 Å². The first-order chi connectivity index (χ1) is 8.09. The van der Waals surface area contributed by atoms with E-state index in [1.807, 2.05) is 0 Å². The van der Waals surface area contributed by atoms with Crippen molar-refractivity contribution in [3.63, 3.8) is 0 Å². The minimum absolute atomic E-state index is 0.501. The van der Waals surface area contributed by atoms with Gasteiger partial charge < -0.3 is 5.32 Å². The van der Waals surface area contributed by atoms with Crippen molar-refractivity contribution in [2.45, 2.75) is 77.4 Å². The molecule has 2 rings (SSSR count). The van der Waals surface area contributed by atoms with Gasteiger partial charge in [-0.2, -0.15) is 0 Å². The molecule has 100 valence electrons. The lowest BCUT2D eigenvalue weighted by Gasteiger charge is -2.52. The van der Waals surface area contributed by atoms with Crippen molar-refractivity contribution in [3.8, 4) is 0 Å². The average Bonchev–Trinajstić information content (AvgIpc) is 2.77. The summed E-state index contributed by atoms with van der Waals surface area (Å²) in [6.45, 7) is 11.9. The van der Waals surface area contributed by atoms with Gasteiger partial charge in [-0.05, 0) is 32.1 Å². The highest BCUT2D eigenvalue weighted by molar-refractivity contribution is 5.03. The predicted octanol–water partition coefficient (Wildman–Crippen LogP) is 3.03. The number of nitrogens with one attached hydrogen (secondary N) is 1. The van der Waals surface area contributed by atoms with Crippen LogP contribution in [0, 0.1) is 5.92 Å². The first-order valence-electron chi connectivity index (χ1n) is 7.59. The molecule has 1 aliphatic carbocycles. The van der Waals surface area contributed by atoms with Gasteiger partial charge in [0.2, 0.25) is 0 Å². The Balaban J connectivity index is 2.12. The smallest absolute Gasteiger partial charge is 0.0337 e. The topological polar surface area (TPSA) is 15.3 Å². The Morgan fingerprint density at radius 3 is 2.41 bits per heavy atom. The maximum Gasteiger partial charge on any atom is 0.0337 e. The van der Waals surface area contributed by atoms with Crippen LogP contribution in [0.5, 0.6) is 0 Å². The minimum Gasteiger partial charge on any atom is -0.311 e. The van der Waals surface area contributed by atoms with E-state index in [1.165, 1.54) is 45.2 Å². The molecule has 0 radical (unpaired) electrons. The van der Waals surface area contributed by atoms with Crippen LogP contribution in [0.1, 0.15) is 59.8 Å². The third-order valence-corrected chi connectivity index (χ3v) is 5.16. The lowest BCUT2D eigenvalue weighted by molar-refractivity contribution is 0.00142. The first kappa shape index (κ1) is 13.4. The minimum atomic E-state index is 0.501. The zero-order chi connectivity index (χ0) is 12.5. The predicted molar refractivity (Wildman–Crippen MR) is 74.3 cm³/mol. The van der Waals surface area contributed by atoms with Gasteiger partial charge in [-0.25, -0.2) is 0 Å². The van der Waals surface area contributed by atoms with E-state index >= 15 is 0 Å². The third kappa shape index (κ3) is 2.53. The summed E-state index contributed by atoms with van der Waals surface area (Å²) in [6, 6.07) is 1.44. The molecule has 2 atom stereocenters. The van der Waals surface area contributed by atoms with Crippen molar-refractivity contribution < 1.29 is 0 Å². The number of piperazine rings is 1. The molecule has 17 heavy (non-hydrogen) atoms. The molecule has 0 aromatic heterocycles. The van der Waals surface area contributed by atoms with Crippen LogP contribution in [0.4, 0.5) is 0 Å². The van der Waals surface area contributed by atoms with Crippen LogP contribution in [0.3, 0.4) is 0 Å². The molecule has 1 saturated carbocycles. The summed E-state index contributed by atoms with van der Waals surface area (Å²) in [5.41, 5.74) is 0.501. The monoisotopic (exact) mass is 238 g/mol. The van der Waals surface area contributed by atoms with Crippen molar-refractivity contribution in [2.24, 2.45) is 5.92 Å². The van der Waals surface area contributed by atoms with Crippen LogP contribution >= 0.6 is 0 Å². The fraction of sp³-hybridized carbons (Fsp3) is 1.00. The van der Waals surface area contributed by atoms with Crippen LogP contribution in [0.25, 0.3) is 0 Å². The zero-order valence-corrected chi connectivity index (χ0v) is 12.1. The SMILES string of the molecule is CCC(C)N1CC(C(C)C)NCC12CCCC2. The molecule has 2 heteroatoms. The molecule has 1 N–H and O–H groups in total. The molecule has 1 aliphatic heterocycles. The standard InChI is InChI=1S/C15H30N2/c1-5-13(4)17-10-14(12(2)3)16-11-15(17)8-6-7-9-15/h12-14,16H,5-11H2,1-4H3. The average molecular weight is 238 g/mol. The molecule has 0 amide bonds. The number of nitrogens with zero attached hydrogens (tertiary/aromatic N) is 1. The van der Waals surface area contributed by atoms with E-state index < -0.39 is 0 Å². The van der Waals surface area contributed by atoms with Crippen molar-refractivity contribution in [3.05, 3.63) is 0 Å². The number of rotatable bonds is 3. The molecule has 2 nitrogen and oxygen atoms in total. The maximum absolute atomic E-state index is 3.82. The highest BCUT2D eigenvalue weighted by Crippen LogP contribution is 2.39. The molecule has 0 aromatic rings. The lowest BCUT2D eigenvalue weighted by Crippen LogP contribution is -2.66. The molecule has 1 saturated heterocycles. The summed E-state index contributed by atoms with van der Waals surface area (Å²) < 4.78 is 0. The Morgan fingerprint density at radius 2 is 1.88 bits per heavy atom. The van der Waals surface area contributed by atoms with Crippen LogP contribution < -0.4 is 5.32 Å². The lowest BCUT2D eigenvalue weighted by atomic mass is 9.86. The van der Waals surface area contributed by atoms with Crippen molar-refractivity contribution in [1.29, 1.82) is 0 Å². The molecule has 0 aromatic carbocycles. The highest BCUT2D eigenvalue weighted by atomic mass is 15.3. The Labute approximate surface area is 107 Å². The second kappa shape index (κ2) is 5.27. The molecule has 1 heterocycles. The summed E-state index contributed by atoms with van der Waals surface area (Å²) in [6.07, 6.45) is 6.97. The van der Waals surface area contributed by atoms with E-state index in [2.05, 4.69) is 37.9 Å². The molecule has 0 bridgehead atoms. The van der Waals surface area contributed by atoms with Gasteiger partial charge in [0, 0.05) is 30.7 Å². The van der Waals surface area contributed by atoms with E-state index in [4.69, 9.17) is 0 Å². The maximum atomic E-state index is 3.82. The summed E-state index contributed by atoms with van der Waals surface area (Å²) in [5.74, 6) is 0.750. The van der Waals surface area contributed by atoms with E-state index in [9.17, 15) is 0 Å². The van der Waals surface area contributed by atoms with Crippen molar-refractivity contribution in [1.82, 2.24) is 10.2 Å². The van der Waals surface area contributed by atoms with Crippen LogP contribution in [-0.2, 0) is 0 Å². The van der Waals surface area contributed by atoms with Gasteiger partial charge >= 0.3 is 0 Å². The number of hydrogen-bond acceptors (Lipinski definition) is 2. The molecular formula is C15H30N2. The normalized spacial score (nSPS) is 31.2. The fourth-order valence-corrected chi connectivity index (χ4v) is 3.70. The third-order valence-electron chi connectivity index (χ3n) is 5.16. The summed E-state index contributed by atoms with van der Waals surface area (Å²) in [5, 5.41) is 3.82. The quantitative estimate of drug-likeness (QED) is 0.813. The summed E-state index contributed by atoms with van der Waals surface area (Å²) in [4.78, 5) is 2.85. The van der Waals surface area contributed by atoms with Gasteiger partial charge in [-0.1, -0.05) is 33.6 Å². The van der Waals surface area contributed by atoms with Gasteiger partial charge in [-0.15, -0.1) is 0 Å². The Hall–Kier alpha value is -0.0800. The summed E-state index contributed by atoms with van der Waals surface area (Å²) >= 11 is 0. The number of hydrogen-bond donors (Lipinski definition) is 1.